The fourth-order valence-corrected chi connectivity index (χ4v) is 7.34. The van der Waals surface area contributed by atoms with Crippen LogP contribution < -0.4 is 0 Å². The van der Waals surface area contributed by atoms with E-state index in [2.05, 4.69) is 116 Å². The lowest BCUT2D eigenvalue weighted by Crippen LogP contribution is -2.58. The van der Waals surface area contributed by atoms with E-state index in [0.29, 0.717) is 18.3 Å². The van der Waals surface area contributed by atoms with Crippen molar-refractivity contribution in [1.82, 2.24) is 9.80 Å². The second-order valence-corrected chi connectivity index (χ2v) is 14.1. The van der Waals surface area contributed by atoms with Gasteiger partial charge in [-0.25, -0.2) is 0 Å². The van der Waals surface area contributed by atoms with Gasteiger partial charge in [-0.05, 0) is 118 Å². The Morgan fingerprint density at radius 3 is 1.51 bits per heavy atom. The number of Topliss-reactive ketones (excluding diaryl/α,β-unsaturated/α-hetero) is 1. The average molecular weight is 477 g/mol. The van der Waals surface area contributed by atoms with Gasteiger partial charge in [0.2, 0.25) is 0 Å². The zero-order valence-electron chi connectivity index (χ0n) is 24.0. The Labute approximate surface area is 214 Å². The number of piperidine rings is 2. The summed E-state index contributed by atoms with van der Waals surface area (Å²) in [5, 5.41) is 0. The zero-order chi connectivity index (χ0) is 26.0. The number of carbonyl (C=O) groups is 1. The van der Waals surface area contributed by atoms with Crippen LogP contribution in [0.3, 0.4) is 0 Å². The number of ketones is 1. The Kier molecular flexibility index (Phi) is 6.55. The van der Waals surface area contributed by atoms with E-state index in [9.17, 15) is 4.79 Å². The molecule has 3 aliphatic rings. The number of allylic oxidation sites excluding steroid dienone is 4. The Hall–Kier alpha value is -1.71. The molecule has 0 aromatic heterocycles. The van der Waals surface area contributed by atoms with Gasteiger partial charge in [0.25, 0.3) is 0 Å². The molecule has 0 atom stereocenters. The van der Waals surface area contributed by atoms with Crippen molar-refractivity contribution < 1.29 is 4.79 Å². The van der Waals surface area contributed by atoms with E-state index in [1.54, 1.807) is 0 Å². The Morgan fingerprint density at radius 1 is 0.657 bits per heavy atom. The molecule has 0 unspecified atom stereocenters. The topological polar surface area (TPSA) is 23.6 Å². The smallest absolute Gasteiger partial charge is 0.167 e. The van der Waals surface area contributed by atoms with Crippen molar-refractivity contribution in [2.24, 2.45) is 5.92 Å². The van der Waals surface area contributed by atoms with Crippen molar-refractivity contribution in [3.8, 4) is 0 Å². The molecule has 1 aromatic carbocycles. The molecular weight excluding hydrogens is 428 g/mol. The molecular formula is C32H48N2O. The number of benzene rings is 1. The molecule has 0 amide bonds. The van der Waals surface area contributed by atoms with Gasteiger partial charge in [-0.15, -0.1) is 0 Å². The van der Waals surface area contributed by atoms with E-state index in [1.165, 1.54) is 11.1 Å². The van der Waals surface area contributed by atoms with Crippen LogP contribution >= 0.6 is 0 Å². The van der Waals surface area contributed by atoms with E-state index in [4.69, 9.17) is 0 Å². The first-order valence-corrected chi connectivity index (χ1v) is 13.6. The highest BCUT2D eigenvalue weighted by atomic mass is 16.1. The predicted octanol–water partition coefficient (Wildman–Crippen LogP) is 7.23. The maximum absolute atomic E-state index is 13.3. The van der Waals surface area contributed by atoms with Gasteiger partial charge in [0.1, 0.15) is 0 Å². The number of nitrogens with zero attached hydrogens (tertiary/aromatic N) is 2. The minimum atomic E-state index is 0.132. The van der Waals surface area contributed by atoms with Gasteiger partial charge in [-0.3, -0.25) is 14.6 Å². The van der Waals surface area contributed by atoms with Gasteiger partial charge in [0.15, 0.2) is 5.78 Å². The molecule has 2 fully saturated rings. The largest absolute Gasteiger partial charge is 0.296 e. The first-order valence-electron chi connectivity index (χ1n) is 13.6. The normalized spacial score (nSPS) is 27.4. The summed E-state index contributed by atoms with van der Waals surface area (Å²) >= 11 is 0. The van der Waals surface area contributed by atoms with Crippen LogP contribution in [0.25, 0.3) is 5.57 Å². The first-order chi connectivity index (χ1) is 16.0. The highest BCUT2D eigenvalue weighted by Crippen LogP contribution is 2.46. The molecule has 3 nitrogen and oxygen atoms in total. The first kappa shape index (κ1) is 26.4. The van der Waals surface area contributed by atoms with Gasteiger partial charge in [0, 0.05) is 34.1 Å². The highest BCUT2D eigenvalue weighted by molar-refractivity contribution is 6.22. The maximum atomic E-state index is 13.3. The average Bonchev–Trinajstić information content (AvgIpc) is 2.75. The van der Waals surface area contributed by atoms with Gasteiger partial charge in [-0.1, -0.05) is 42.0 Å². The van der Waals surface area contributed by atoms with E-state index in [-0.39, 0.29) is 27.9 Å². The van der Waals surface area contributed by atoms with E-state index in [1.807, 2.05) is 0 Å². The molecule has 35 heavy (non-hydrogen) atoms. The van der Waals surface area contributed by atoms with Crippen molar-refractivity contribution in [2.75, 3.05) is 14.1 Å². The number of carbonyl (C=O) groups excluding carboxylic acids is 1. The Balaban J connectivity index is 1.53. The van der Waals surface area contributed by atoms with Gasteiger partial charge in [-0.2, -0.15) is 0 Å². The fourth-order valence-electron chi connectivity index (χ4n) is 7.34. The van der Waals surface area contributed by atoms with Crippen LogP contribution in [0, 0.1) is 5.92 Å². The zero-order valence-corrected chi connectivity index (χ0v) is 24.0. The molecule has 0 spiro atoms. The minimum absolute atomic E-state index is 0.132. The molecule has 3 heteroatoms. The number of hydrogen-bond donors (Lipinski definition) is 0. The second kappa shape index (κ2) is 8.70. The monoisotopic (exact) mass is 476 g/mol. The quantitative estimate of drug-likeness (QED) is 0.459. The summed E-state index contributed by atoms with van der Waals surface area (Å²) in [5.41, 5.74) is 5.26. The number of rotatable bonds is 3. The van der Waals surface area contributed by atoms with Crippen LogP contribution in [-0.2, 0) is 4.79 Å². The third-order valence-electron chi connectivity index (χ3n) is 9.96. The molecule has 2 aliphatic heterocycles. The fraction of sp³-hybridized carbons (Fsp3) is 0.656. The number of hydrogen-bond acceptors (Lipinski definition) is 3. The van der Waals surface area contributed by atoms with Crippen LogP contribution in [-0.4, -0.2) is 51.8 Å². The molecule has 0 saturated carbocycles. The van der Waals surface area contributed by atoms with Crippen LogP contribution in [0.5, 0.6) is 0 Å². The molecule has 1 aliphatic carbocycles. The summed E-state index contributed by atoms with van der Waals surface area (Å²) in [6.45, 7) is 18.8. The van der Waals surface area contributed by atoms with Crippen molar-refractivity contribution >= 4 is 11.4 Å². The third kappa shape index (κ3) is 4.96. The van der Waals surface area contributed by atoms with Crippen LogP contribution in [0.15, 0.2) is 42.0 Å². The maximum Gasteiger partial charge on any atom is 0.167 e. The predicted molar refractivity (Wildman–Crippen MR) is 149 cm³/mol. The van der Waals surface area contributed by atoms with Gasteiger partial charge in [0.05, 0.1) is 0 Å². The van der Waals surface area contributed by atoms with E-state index in [0.717, 1.165) is 36.8 Å². The lowest BCUT2D eigenvalue weighted by atomic mass is 9.69. The van der Waals surface area contributed by atoms with Crippen molar-refractivity contribution in [3.63, 3.8) is 0 Å². The summed E-state index contributed by atoms with van der Waals surface area (Å²) in [6.07, 6.45) is 9.43. The third-order valence-corrected chi connectivity index (χ3v) is 9.96. The lowest BCUT2D eigenvalue weighted by Gasteiger charge is -2.54. The van der Waals surface area contributed by atoms with Crippen molar-refractivity contribution in [1.29, 1.82) is 0 Å². The van der Waals surface area contributed by atoms with Gasteiger partial charge >= 0.3 is 0 Å². The van der Waals surface area contributed by atoms with Crippen LogP contribution in [0.1, 0.15) is 105 Å². The standard InChI is InChI=1S/C32H48N2O/c1-29(2)18-25(19-30(3,4)33(29)9)22-11-13-23(14-12-22)27-16-15-24(17-28(27)35)26-20-31(5,6)34(10)32(7,8)21-26/h11-16,25-26H,17-21H2,1-10H3. The summed E-state index contributed by atoms with van der Waals surface area (Å²) in [5.74, 6) is 1.28. The molecule has 2 saturated heterocycles. The lowest BCUT2D eigenvalue weighted by molar-refractivity contribution is -0.113. The van der Waals surface area contributed by atoms with E-state index < -0.39 is 0 Å². The van der Waals surface area contributed by atoms with Crippen LogP contribution in [0.2, 0.25) is 0 Å². The molecule has 0 bridgehead atoms. The summed E-state index contributed by atoms with van der Waals surface area (Å²) < 4.78 is 0. The molecule has 2 heterocycles. The van der Waals surface area contributed by atoms with E-state index >= 15 is 0 Å². The van der Waals surface area contributed by atoms with Crippen molar-refractivity contribution in [2.45, 2.75) is 116 Å². The molecule has 1 aromatic rings. The minimum Gasteiger partial charge on any atom is -0.296 e. The Bertz CT molecular complexity index is 1000. The highest BCUT2D eigenvalue weighted by Gasteiger charge is 2.45. The number of likely N-dealkylation sites (tertiary alicyclic amines) is 2. The molecule has 0 N–H and O–H groups in total. The Morgan fingerprint density at radius 2 is 1.09 bits per heavy atom. The van der Waals surface area contributed by atoms with Crippen molar-refractivity contribution in [3.05, 3.63) is 53.1 Å². The van der Waals surface area contributed by atoms with Gasteiger partial charge < -0.3 is 0 Å². The summed E-state index contributed by atoms with van der Waals surface area (Å²) in [7, 11) is 4.50. The molecule has 4 rings (SSSR count). The SMILES string of the molecule is CN1C(C)(C)CC(C2=CC=C(c3ccc(C4CC(C)(C)N(C)C(C)(C)C4)cc3)C(=O)C2)CC1(C)C. The molecule has 0 radical (unpaired) electrons. The van der Waals surface area contributed by atoms with Crippen LogP contribution in [0.4, 0.5) is 0 Å². The molecule has 192 valence electrons. The summed E-state index contributed by atoms with van der Waals surface area (Å²) in [6, 6.07) is 8.90. The second-order valence-electron chi connectivity index (χ2n) is 14.1. The summed E-state index contributed by atoms with van der Waals surface area (Å²) in [4.78, 5) is 18.3.